The number of ether oxygens (including phenoxy) is 3. The van der Waals surface area contributed by atoms with Crippen molar-refractivity contribution < 1.29 is 19.0 Å². The highest BCUT2D eigenvalue weighted by atomic mass is 16.5. The molecular formula is C18H24O4. The first-order chi connectivity index (χ1) is 10.7. The molecule has 0 saturated heterocycles. The second kappa shape index (κ2) is 7.87. The average Bonchev–Trinajstić information content (AvgIpc) is 2.51. The molecule has 1 heterocycles. The number of fused-ring (bicyclic) bond motifs is 1. The molecule has 1 aromatic carbocycles. The summed E-state index contributed by atoms with van der Waals surface area (Å²) in [4.78, 5) is 12.5. The lowest BCUT2D eigenvalue weighted by Crippen LogP contribution is -2.16. The van der Waals surface area contributed by atoms with E-state index in [0.717, 1.165) is 37.7 Å². The second-order valence-corrected chi connectivity index (χ2v) is 5.50. The van der Waals surface area contributed by atoms with Gasteiger partial charge in [0.05, 0.1) is 14.2 Å². The molecule has 0 aromatic heterocycles. The van der Waals surface area contributed by atoms with Gasteiger partial charge in [0.25, 0.3) is 0 Å². The van der Waals surface area contributed by atoms with Crippen molar-refractivity contribution in [2.24, 2.45) is 0 Å². The van der Waals surface area contributed by atoms with Gasteiger partial charge in [0.1, 0.15) is 23.2 Å². The minimum Gasteiger partial charge on any atom is -0.497 e. The van der Waals surface area contributed by atoms with Crippen LogP contribution in [-0.4, -0.2) is 26.3 Å². The Morgan fingerprint density at radius 3 is 2.68 bits per heavy atom. The summed E-state index contributed by atoms with van der Waals surface area (Å²) in [6, 6.07) is 3.64. The Morgan fingerprint density at radius 2 is 1.95 bits per heavy atom. The number of carbonyl (C=O) groups excluding carboxylic acids is 1. The van der Waals surface area contributed by atoms with Crippen LogP contribution < -0.4 is 9.47 Å². The van der Waals surface area contributed by atoms with Gasteiger partial charge in [-0.2, -0.15) is 0 Å². The summed E-state index contributed by atoms with van der Waals surface area (Å²) < 4.78 is 16.2. The number of cyclic esters (lactones) is 1. The van der Waals surface area contributed by atoms with E-state index in [1.54, 1.807) is 20.3 Å². The molecule has 2 rings (SSSR count). The minimum atomic E-state index is -0.341. The summed E-state index contributed by atoms with van der Waals surface area (Å²) in [5.41, 5.74) is 1.45. The molecule has 0 radical (unpaired) electrons. The molecule has 1 aromatic rings. The van der Waals surface area contributed by atoms with Gasteiger partial charge in [0.2, 0.25) is 0 Å². The molecule has 0 N–H and O–H groups in total. The van der Waals surface area contributed by atoms with Crippen LogP contribution in [0.15, 0.2) is 24.3 Å². The van der Waals surface area contributed by atoms with E-state index in [1.165, 1.54) is 0 Å². The lowest BCUT2D eigenvalue weighted by atomic mass is 9.99. The van der Waals surface area contributed by atoms with Gasteiger partial charge in [-0.25, -0.2) is 4.79 Å². The van der Waals surface area contributed by atoms with Crippen LogP contribution in [0.3, 0.4) is 0 Å². The summed E-state index contributed by atoms with van der Waals surface area (Å²) in [6.07, 6.45) is 8.93. The molecule has 1 aliphatic heterocycles. The van der Waals surface area contributed by atoms with Crippen LogP contribution in [0, 0.1) is 0 Å². The van der Waals surface area contributed by atoms with E-state index in [4.69, 9.17) is 14.2 Å². The van der Waals surface area contributed by atoms with Crippen molar-refractivity contribution in [1.82, 2.24) is 0 Å². The highest BCUT2D eigenvalue weighted by Gasteiger charge is 2.22. The van der Waals surface area contributed by atoms with E-state index in [1.807, 2.05) is 19.1 Å². The average molecular weight is 304 g/mol. The van der Waals surface area contributed by atoms with Crippen molar-refractivity contribution in [1.29, 1.82) is 0 Å². The van der Waals surface area contributed by atoms with E-state index in [9.17, 15) is 4.79 Å². The molecule has 1 atom stereocenters. The highest BCUT2D eigenvalue weighted by molar-refractivity contribution is 5.94. The third-order valence-corrected chi connectivity index (χ3v) is 3.83. The minimum absolute atomic E-state index is 0.244. The smallest absolute Gasteiger partial charge is 0.342 e. The molecule has 1 aliphatic rings. The van der Waals surface area contributed by atoms with Crippen molar-refractivity contribution in [3.63, 3.8) is 0 Å². The highest BCUT2D eigenvalue weighted by Crippen LogP contribution is 2.31. The quantitative estimate of drug-likeness (QED) is 0.613. The molecule has 4 nitrogen and oxygen atoms in total. The maximum Gasteiger partial charge on any atom is 0.342 e. The van der Waals surface area contributed by atoms with Crippen LogP contribution in [0.1, 0.15) is 48.5 Å². The molecule has 0 fully saturated rings. The summed E-state index contributed by atoms with van der Waals surface area (Å²) in [7, 11) is 3.17. The number of methoxy groups -OCH3 is 2. The Balaban J connectivity index is 2.42. The van der Waals surface area contributed by atoms with E-state index >= 15 is 0 Å². The molecule has 4 heteroatoms. The van der Waals surface area contributed by atoms with Crippen molar-refractivity contribution in [2.45, 2.75) is 45.1 Å². The molecule has 120 valence electrons. The molecular weight excluding hydrogens is 280 g/mol. The Bertz CT molecular complexity index is 548. The molecule has 0 bridgehead atoms. The number of allylic oxidation sites excluding steroid dienone is 1. The lowest BCUT2D eigenvalue weighted by Gasteiger charge is -2.17. The van der Waals surface area contributed by atoms with Crippen LogP contribution in [0.4, 0.5) is 0 Å². The third-order valence-electron chi connectivity index (χ3n) is 3.83. The predicted octanol–water partition coefficient (Wildman–Crippen LogP) is 3.92. The number of aryl methyl sites for hydroxylation is 1. The number of carbonyl (C=O) groups is 1. The van der Waals surface area contributed by atoms with Crippen LogP contribution in [0.5, 0.6) is 11.5 Å². The Labute approximate surface area is 132 Å². The van der Waals surface area contributed by atoms with Crippen molar-refractivity contribution in [3.05, 3.63) is 35.4 Å². The molecule has 22 heavy (non-hydrogen) atoms. The Morgan fingerprint density at radius 1 is 1.14 bits per heavy atom. The van der Waals surface area contributed by atoms with Crippen LogP contribution in [0.25, 0.3) is 0 Å². The predicted molar refractivity (Wildman–Crippen MR) is 85.7 cm³/mol. The molecule has 0 aliphatic carbocycles. The van der Waals surface area contributed by atoms with E-state index in [0.29, 0.717) is 17.1 Å². The van der Waals surface area contributed by atoms with Gasteiger partial charge in [0.15, 0.2) is 0 Å². The summed E-state index contributed by atoms with van der Waals surface area (Å²) in [5.74, 6) is 0.864. The number of esters is 1. The number of hydrogen-bond acceptors (Lipinski definition) is 4. The maximum absolute atomic E-state index is 12.5. The topological polar surface area (TPSA) is 44.8 Å². The first-order valence-electron chi connectivity index (χ1n) is 7.78. The monoisotopic (exact) mass is 304 g/mol. The molecule has 0 amide bonds. The SMILES string of the molecule is COc1cc2c(c(OC)c1)C(=O)O[C@H](C)/C=C\CCCCC2. The fourth-order valence-electron chi connectivity index (χ4n) is 2.66. The van der Waals surface area contributed by atoms with Gasteiger partial charge in [-0.1, -0.05) is 12.5 Å². The first kappa shape index (κ1) is 16.4. The van der Waals surface area contributed by atoms with E-state index in [-0.39, 0.29) is 12.1 Å². The fourth-order valence-corrected chi connectivity index (χ4v) is 2.66. The van der Waals surface area contributed by atoms with Crippen LogP contribution in [-0.2, 0) is 11.2 Å². The standard InChI is InChI=1S/C18H24O4/c1-13-9-7-5-4-6-8-10-14-11-15(20-2)12-16(21-3)17(14)18(19)22-13/h7,9,11-13H,4-6,8,10H2,1-3H3/b9-7-/t13-/m1/s1. The van der Waals surface area contributed by atoms with Gasteiger partial charge in [-0.3, -0.25) is 0 Å². The third kappa shape index (κ3) is 4.03. The Hall–Kier alpha value is -1.97. The van der Waals surface area contributed by atoms with Crippen LogP contribution in [0.2, 0.25) is 0 Å². The lowest BCUT2D eigenvalue weighted by molar-refractivity contribution is 0.0419. The molecule has 0 saturated carbocycles. The maximum atomic E-state index is 12.5. The zero-order valence-corrected chi connectivity index (χ0v) is 13.6. The normalized spacial score (nSPS) is 20.9. The van der Waals surface area contributed by atoms with Crippen LogP contribution >= 0.6 is 0 Å². The van der Waals surface area contributed by atoms with Gasteiger partial charge >= 0.3 is 5.97 Å². The van der Waals surface area contributed by atoms with E-state index < -0.39 is 0 Å². The summed E-state index contributed by atoms with van der Waals surface area (Å²) >= 11 is 0. The van der Waals surface area contributed by atoms with Crippen molar-refractivity contribution in [3.8, 4) is 11.5 Å². The number of benzene rings is 1. The summed E-state index contributed by atoms with van der Waals surface area (Å²) in [5, 5.41) is 0. The fraction of sp³-hybridized carbons (Fsp3) is 0.500. The Kier molecular flexibility index (Phi) is 5.87. The van der Waals surface area contributed by atoms with Crippen molar-refractivity contribution >= 4 is 5.97 Å². The summed E-state index contributed by atoms with van der Waals surface area (Å²) in [6.45, 7) is 1.87. The largest absolute Gasteiger partial charge is 0.497 e. The second-order valence-electron chi connectivity index (χ2n) is 5.50. The first-order valence-corrected chi connectivity index (χ1v) is 7.78. The number of rotatable bonds is 2. The van der Waals surface area contributed by atoms with E-state index in [2.05, 4.69) is 6.08 Å². The van der Waals surface area contributed by atoms with Gasteiger partial charge in [0, 0.05) is 6.07 Å². The zero-order valence-electron chi connectivity index (χ0n) is 13.6. The van der Waals surface area contributed by atoms with Gasteiger partial charge < -0.3 is 14.2 Å². The molecule has 0 spiro atoms. The number of hydrogen-bond donors (Lipinski definition) is 0. The van der Waals surface area contributed by atoms with Gasteiger partial charge in [-0.05, 0) is 50.3 Å². The van der Waals surface area contributed by atoms with Gasteiger partial charge in [-0.15, -0.1) is 0 Å². The molecule has 0 unspecified atom stereocenters. The zero-order chi connectivity index (χ0) is 15.9. The van der Waals surface area contributed by atoms with Crippen molar-refractivity contribution in [2.75, 3.05) is 14.2 Å².